The van der Waals surface area contributed by atoms with E-state index in [0.29, 0.717) is 12.8 Å². The van der Waals surface area contributed by atoms with Crippen molar-refractivity contribution < 1.29 is 55.1 Å². The molecule has 1 N–H and O–H groups in total. The van der Waals surface area contributed by atoms with Gasteiger partial charge >= 0.3 is 33.3 Å². The Bertz CT molecular complexity index is 853. The monoisotopic (exact) mass is 454 g/mol. The van der Waals surface area contributed by atoms with Crippen molar-refractivity contribution in [2.45, 2.75) is 61.8 Å². The Morgan fingerprint density at radius 3 is 2.40 bits per heavy atom. The number of halogens is 2. The van der Waals surface area contributed by atoms with Gasteiger partial charge in [0.15, 0.2) is 18.8 Å². The quantitative estimate of drug-likeness (QED) is 0.341. The lowest BCUT2D eigenvalue weighted by atomic mass is 9.78. The van der Waals surface area contributed by atoms with E-state index in [-0.39, 0.29) is 5.92 Å². The lowest BCUT2D eigenvalue weighted by Crippen LogP contribution is -2.49. The highest BCUT2D eigenvalue weighted by molar-refractivity contribution is 7.86. The summed E-state index contributed by atoms with van der Waals surface area (Å²) in [5.41, 5.74) is 0. The first kappa shape index (κ1) is 21.4. The molecule has 3 aliphatic heterocycles. The minimum absolute atomic E-state index is 0.315. The first-order valence-corrected chi connectivity index (χ1v) is 11.0. The van der Waals surface area contributed by atoms with Crippen LogP contribution in [0, 0.1) is 17.8 Å². The van der Waals surface area contributed by atoms with E-state index >= 15 is 0 Å². The van der Waals surface area contributed by atoms with Gasteiger partial charge in [-0.2, -0.15) is 17.2 Å². The fraction of sp³-hybridized carbons (Fsp3) is 0.824. The molecule has 1 aliphatic carbocycles. The first-order valence-electron chi connectivity index (χ1n) is 9.59. The Hall–Kier alpha value is -1.86. The molecule has 1 saturated carbocycles. The third kappa shape index (κ3) is 3.46. The van der Waals surface area contributed by atoms with E-state index in [1.165, 1.54) is 0 Å². The van der Waals surface area contributed by atoms with Crippen LogP contribution in [0.25, 0.3) is 0 Å². The molecule has 0 aromatic heterocycles. The van der Waals surface area contributed by atoms with Gasteiger partial charge in [0, 0.05) is 0 Å². The van der Waals surface area contributed by atoms with E-state index < -0.39 is 76.1 Å². The second-order valence-electron chi connectivity index (χ2n) is 7.97. The Kier molecular flexibility index (Phi) is 5.26. The smallest absolute Gasteiger partial charge is 0.402 e. The molecule has 13 heteroatoms. The number of hydrogen-bond acceptors (Lipinski definition) is 9. The van der Waals surface area contributed by atoms with E-state index in [2.05, 4.69) is 4.74 Å². The minimum Gasteiger partial charge on any atom is -0.458 e. The molecule has 0 aromatic carbocycles. The van der Waals surface area contributed by atoms with E-state index in [0.717, 1.165) is 19.3 Å². The third-order valence-electron chi connectivity index (χ3n) is 6.13. The van der Waals surface area contributed by atoms with Crippen LogP contribution in [0.5, 0.6) is 0 Å². The molecule has 4 fully saturated rings. The number of rotatable bonds is 6. The summed E-state index contributed by atoms with van der Waals surface area (Å²) in [4.78, 5) is 37.1. The van der Waals surface area contributed by atoms with E-state index in [4.69, 9.17) is 18.8 Å². The number of carbonyl (C=O) groups is 3. The SMILES string of the molecule is O=C(OC1C2OC(=O)C3C2OC1C3C(=O)OCC(F)(F)S(=O)(=O)O)C1CCCCC1. The van der Waals surface area contributed by atoms with Crippen LogP contribution in [-0.4, -0.2) is 67.2 Å². The molecule has 3 heterocycles. The molecular weight excluding hydrogens is 434 g/mol. The second kappa shape index (κ2) is 7.38. The summed E-state index contributed by atoms with van der Waals surface area (Å²) in [6, 6.07) is 0. The molecule has 30 heavy (non-hydrogen) atoms. The van der Waals surface area contributed by atoms with Crippen LogP contribution >= 0.6 is 0 Å². The van der Waals surface area contributed by atoms with E-state index in [9.17, 15) is 31.6 Å². The van der Waals surface area contributed by atoms with Crippen molar-refractivity contribution in [2.75, 3.05) is 6.61 Å². The van der Waals surface area contributed by atoms with Crippen molar-refractivity contribution in [3.05, 3.63) is 0 Å². The lowest BCUT2D eigenvalue weighted by Gasteiger charge is -2.29. The minimum atomic E-state index is -5.80. The number of carbonyl (C=O) groups excluding carboxylic acids is 3. The zero-order valence-electron chi connectivity index (χ0n) is 15.6. The maximum Gasteiger partial charge on any atom is 0.402 e. The van der Waals surface area contributed by atoms with Crippen LogP contribution in [0.4, 0.5) is 8.78 Å². The molecular formula is C17H20F2O10S. The molecule has 0 radical (unpaired) electrons. The van der Waals surface area contributed by atoms with Crippen LogP contribution in [0.15, 0.2) is 0 Å². The third-order valence-corrected chi connectivity index (χ3v) is 7.00. The number of ether oxygens (including phenoxy) is 4. The average Bonchev–Trinajstić information content (AvgIpc) is 3.29. The van der Waals surface area contributed by atoms with Gasteiger partial charge < -0.3 is 18.9 Å². The van der Waals surface area contributed by atoms with Crippen molar-refractivity contribution in [3.8, 4) is 0 Å². The summed E-state index contributed by atoms with van der Waals surface area (Å²) >= 11 is 0. The highest BCUT2D eigenvalue weighted by Crippen LogP contribution is 2.51. The summed E-state index contributed by atoms with van der Waals surface area (Å²) in [6.45, 7) is -1.93. The molecule has 0 spiro atoms. The van der Waals surface area contributed by atoms with Gasteiger partial charge in [-0.05, 0) is 12.8 Å². The molecule has 2 bridgehead atoms. The summed E-state index contributed by atoms with van der Waals surface area (Å²) in [5, 5.41) is -4.72. The largest absolute Gasteiger partial charge is 0.458 e. The maximum atomic E-state index is 13.4. The highest BCUT2D eigenvalue weighted by Gasteiger charge is 2.72. The zero-order chi connectivity index (χ0) is 21.8. The predicted molar refractivity (Wildman–Crippen MR) is 89.4 cm³/mol. The maximum absolute atomic E-state index is 13.4. The van der Waals surface area contributed by atoms with Crippen molar-refractivity contribution in [1.29, 1.82) is 0 Å². The Labute approximate surface area is 169 Å². The van der Waals surface area contributed by atoms with Crippen molar-refractivity contribution in [1.82, 2.24) is 0 Å². The normalized spacial score (nSPS) is 35.9. The summed E-state index contributed by atoms with van der Waals surface area (Å²) in [5.74, 6) is -5.48. The molecule has 6 unspecified atom stereocenters. The van der Waals surface area contributed by atoms with Crippen molar-refractivity contribution in [3.63, 3.8) is 0 Å². The molecule has 10 nitrogen and oxygen atoms in total. The number of alkyl halides is 2. The summed E-state index contributed by atoms with van der Waals surface area (Å²) in [6.07, 6.45) is 0.0603. The van der Waals surface area contributed by atoms with Crippen molar-refractivity contribution >= 4 is 28.0 Å². The zero-order valence-corrected chi connectivity index (χ0v) is 16.4. The Morgan fingerprint density at radius 1 is 1.10 bits per heavy atom. The van der Waals surface area contributed by atoms with Gasteiger partial charge in [-0.15, -0.1) is 0 Å². The fourth-order valence-electron chi connectivity index (χ4n) is 4.63. The average molecular weight is 454 g/mol. The number of esters is 3. The van der Waals surface area contributed by atoms with Crippen LogP contribution in [0.1, 0.15) is 32.1 Å². The second-order valence-corrected chi connectivity index (χ2v) is 9.52. The Balaban J connectivity index is 1.47. The Morgan fingerprint density at radius 2 is 1.77 bits per heavy atom. The number of hydrogen-bond donors (Lipinski definition) is 1. The molecule has 6 atom stereocenters. The predicted octanol–water partition coefficient (Wildman–Crippen LogP) is 0.441. The molecule has 0 aromatic rings. The van der Waals surface area contributed by atoms with Gasteiger partial charge in [0.25, 0.3) is 0 Å². The van der Waals surface area contributed by atoms with Crippen LogP contribution < -0.4 is 0 Å². The van der Waals surface area contributed by atoms with E-state index in [1.807, 2.05) is 0 Å². The van der Waals surface area contributed by atoms with Crippen molar-refractivity contribution in [2.24, 2.45) is 17.8 Å². The van der Waals surface area contributed by atoms with Gasteiger partial charge in [0.1, 0.15) is 24.0 Å². The summed E-state index contributed by atoms with van der Waals surface area (Å²) in [7, 11) is -5.80. The first-order chi connectivity index (χ1) is 14.0. The molecule has 4 aliphatic rings. The molecule has 3 saturated heterocycles. The van der Waals surface area contributed by atoms with Gasteiger partial charge in [0.05, 0.1) is 5.92 Å². The standard InChI is InChI=1S/C17H20F2O10S/c18-17(19,30(23,24)25)6-26-15(21)8-9-11-13(29-16(9)22)12(10(8)27-11)28-14(20)7-4-2-1-3-5-7/h7-13H,1-6H2,(H,23,24,25). The molecule has 4 rings (SSSR count). The van der Waals surface area contributed by atoms with Crippen LogP contribution in [0.3, 0.4) is 0 Å². The van der Waals surface area contributed by atoms with Gasteiger partial charge in [-0.1, -0.05) is 19.3 Å². The lowest BCUT2D eigenvalue weighted by molar-refractivity contribution is -0.169. The van der Waals surface area contributed by atoms with E-state index in [1.54, 1.807) is 0 Å². The fourth-order valence-corrected chi connectivity index (χ4v) is 4.84. The van der Waals surface area contributed by atoms with Crippen LogP contribution in [0.2, 0.25) is 0 Å². The van der Waals surface area contributed by atoms with Crippen LogP contribution in [-0.2, 0) is 43.4 Å². The molecule has 0 amide bonds. The van der Waals surface area contributed by atoms with Gasteiger partial charge in [-0.25, -0.2) is 0 Å². The van der Waals surface area contributed by atoms with Gasteiger partial charge in [0.2, 0.25) is 0 Å². The highest BCUT2D eigenvalue weighted by atomic mass is 32.2. The number of fused-ring (bicyclic) bond motifs is 1. The molecule has 168 valence electrons. The topological polar surface area (TPSA) is 142 Å². The van der Waals surface area contributed by atoms with Gasteiger partial charge in [-0.3, -0.25) is 18.9 Å². The summed E-state index contributed by atoms with van der Waals surface area (Å²) < 4.78 is 77.3.